The summed E-state index contributed by atoms with van der Waals surface area (Å²) in [4.78, 5) is 24.7. The predicted molar refractivity (Wildman–Crippen MR) is 94.2 cm³/mol. The fourth-order valence-electron chi connectivity index (χ4n) is 2.68. The zero-order valence-corrected chi connectivity index (χ0v) is 15.7. The summed E-state index contributed by atoms with van der Waals surface area (Å²) in [5.74, 6) is -1.43. The van der Waals surface area contributed by atoms with Crippen LogP contribution in [0.4, 0.5) is 0 Å². The van der Waals surface area contributed by atoms with Gasteiger partial charge in [0.05, 0.1) is 21.3 Å². The molecule has 7 heteroatoms. The number of benzene rings is 1. The van der Waals surface area contributed by atoms with E-state index in [9.17, 15) is 9.59 Å². The van der Waals surface area contributed by atoms with Crippen molar-refractivity contribution in [2.45, 2.75) is 38.9 Å². The molecule has 0 bridgehead atoms. The zero-order valence-electron chi connectivity index (χ0n) is 15.7. The zero-order chi connectivity index (χ0) is 19.3. The summed E-state index contributed by atoms with van der Waals surface area (Å²) < 4.78 is 26.5. The van der Waals surface area contributed by atoms with Crippen LogP contribution in [0.3, 0.4) is 0 Å². The van der Waals surface area contributed by atoms with Gasteiger partial charge >= 0.3 is 11.9 Å². The van der Waals surface area contributed by atoms with E-state index in [0.717, 1.165) is 12.8 Å². The van der Waals surface area contributed by atoms with Crippen molar-refractivity contribution in [3.8, 4) is 17.2 Å². The SMILES string of the molecule is CCCCC1(C)OC(=O)C(=Cc2cc(OC)c(OC)c(OC)c2)C(=O)O1. The molecule has 0 aromatic heterocycles. The molecule has 1 fully saturated rings. The summed E-state index contributed by atoms with van der Waals surface area (Å²) in [6, 6.07) is 3.25. The number of unbranched alkanes of at least 4 members (excludes halogenated alkanes) is 1. The molecule has 26 heavy (non-hydrogen) atoms. The van der Waals surface area contributed by atoms with Gasteiger partial charge in [-0.15, -0.1) is 0 Å². The number of rotatable bonds is 7. The lowest BCUT2D eigenvalue weighted by Crippen LogP contribution is -2.44. The highest BCUT2D eigenvalue weighted by atomic mass is 16.7. The van der Waals surface area contributed by atoms with Crippen LogP contribution in [0.1, 0.15) is 38.7 Å². The normalized spacial score (nSPS) is 19.5. The molecule has 0 atom stereocenters. The van der Waals surface area contributed by atoms with E-state index in [2.05, 4.69) is 0 Å². The Morgan fingerprint density at radius 3 is 1.96 bits per heavy atom. The predicted octanol–water partition coefficient (Wildman–Crippen LogP) is 3.10. The maximum atomic E-state index is 12.3. The molecule has 1 aromatic rings. The Labute approximate surface area is 152 Å². The van der Waals surface area contributed by atoms with Gasteiger partial charge in [-0.1, -0.05) is 13.3 Å². The Balaban J connectivity index is 2.35. The highest BCUT2D eigenvalue weighted by Gasteiger charge is 2.42. The summed E-state index contributed by atoms with van der Waals surface area (Å²) in [5.41, 5.74) is 0.328. The van der Waals surface area contributed by atoms with Crippen LogP contribution >= 0.6 is 0 Å². The van der Waals surface area contributed by atoms with Crippen molar-refractivity contribution >= 4 is 18.0 Å². The fraction of sp³-hybridized carbons (Fsp3) is 0.474. The Kier molecular flexibility index (Phi) is 6.13. The second-order valence-corrected chi connectivity index (χ2v) is 6.03. The lowest BCUT2D eigenvalue weighted by molar-refractivity contribution is -0.230. The minimum absolute atomic E-state index is 0.187. The molecule has 0 saturated carbocycles. The largest absolute Gasteiger partial charge is 0.493 e. The number of ether oxygens (including phenoxy) is 5. The van der Waals surface area contributed by atoms with Crippen LogP contribution in [-0.2, 0) is 19.1 Å². The Bertz CT molecular complexity index is 676. The third-order valence-electron chi connectivity index (χ3n) is 4.04. The van der Waals surface area contributed by atoms with Crippen LogP contribution in [0.2, 0.25) is 0 Å². The van der Waals surface area contributed by atoms with Crippen LogP contribution in [0.5, 0.6) is 17.2 Å². The summed E-state index contributed by atoms with van der Waals surface area (Å²) >= 11 is 0. The molecule has 142 valence electrons. The maximum absolute atomic E-state index is 12.3. The molecule has 0 unspecified atom stereocenters. The average molecular weight is 364 g/mol. The molecule has 0 spiro atoms. The van der Waals surface area contributed by atoms with E-state index in [1.54, 1.807) is 19.1 Å². The average Bonchev–Trinajstić information content (AvgIpc) is 2.62. The standard InChI is InChI=1S/C19H24O7/c1-6-7-8-19(2)25-17(20)13(18(21)26-19)9-12-10-14(22-3)16(24-5)15(11-12)23-4/h9-11H,6-8H2,1-5H3. The molecular formula is C19H24O7. The van der Waals surface area contributed by atoms with Gasteiger partial charge in [0, 0.05) is 13.3 Å². The molecule has 1 aliphatic heterocycles. The van der Waals surface area contributed by atoms with Gasteiger partial charge in [-0.05, 0) is 30.2 Å². The number of hydrogen-bond donors (Lipinski definition) is 0. The highest BCUT2D eigenvalue weighted by molar-refractivity contribution is 6.18. The summed E-state index contributed by atoms with van der Waals surface area (Å²) in [7, 11) is 4.46. The Morgan fingerprint density at radius 1 is 1.00 bits per heavy atom. The van der Waals surface area contributed by atoms with E-state index in [1.807, 2.05) is 6.92 Å². The van der Waals surface area contributed by atoms with Crippen molar-refractivity contribution < 1.29 is 33.3 Å². The van der Waals surface area contributed by atoms with Crippen LogP contribution in [-0.4, -0.2) is 39.1 Å². The second kappa shape index (κ2) is 8.12. The van der Waals surface area contributed by atoms with E-state index in [0.29, 0.717) is 29.2 Å². The van der Waals surface area contributed by atoms with Crippen LogP contribution < -0.4 is 14.2 Å². The third-order valence-corrected chi connectivity index (χ3v) is 4.04. The minimum atomic E-state index is -1.23. The van der Waals surface area contributed by atoms with Crippen molar-refractivity contribution in [3.05, 3.63) is 23.3 Å². The quantitative estimate of drug-likeness (QED) is 0.418. The van der Waals surface area contributed by atoms with E-state index >= 15 is 0 Å². The fourth-order valence-corrected chi connectivity index (χ4v) is 2.68. The van der Waals surface area contributed by atoms with Crippen molar-refractivity contribution in [2.24, 2.45) is 0 Å². The van der Waals surface area contributed by atoms with Crippen LogP contribution in [0.25, 0.3) is 6.08 Å². The van der Waals surface area contributed by atoms with E-state index < -0.39 is 17.7 Å². The van der Waals surface area contributed by atoms with E-state index in [-0.39, 0.29) is 5.57 Å². The van der Waals surface area contributed by atoms with E-state index in [1.165, 1.54) is 27.4 Å². The Morgan fingerprint density at radius 2 is 1.54 bits per heavy atom. The Hall–Kier alpha value is -2.70. The van der Waals surface area contributed by atoms with Gasteiger partial charge in [-0.25, -0.2) is 9.59 Å². The number of cyclic esters (lactones) is 2. The first-order chi connectivity index (χ1) is 12.4. The number of esters is 2. The molecule has 1 heterocycles. The molecule has 0 N–H and O–H groups in total. The van der Waals surface area contributed by atoms with Crippen LogP contribution in [0, 0.1) is 0 Å². The third kappa shape index (κ3) is 4.09. The second-order valence-electron chi connectivity index (χ2n) is 6.03. The highest BCUT2D eigenvalue weighted by Crippen LogP contribution is 2.39. The summed E-state index contributed by atoms with van der Waals surface area (Å²) in [5, 5.41) is 0. The van der Waals surface area contributed by atoms with Gasteiger partial charge in [0.25, 0.3) is 5.79 Å². The molecule has 1 aromatic carbocycles. The van der Waals surface area contributed by atoms with Gasteiger partial charge in [0.2, 0.25) is 5.75 Å². The van der Waals surface area contributed by atoms with Crippen LogP contribution in [0.15, 0.2) is 17.7 Å². The van der Waals surface area contributed by atoms with Gasteiger partial charge in [0.15, 0.2) is 11.5 Å². The van der Waals surface area contributed by atoms with Gasteiger partial charge in [-0.2, -0.15) is 0 Å². The number of methoxy groups -OCH3 is 3. The lowest BCUT2D eigenvalue weighted by Gasteiger charge is -2.33. The first kappa shape index (κ1) is 19.6. The van der Waals surface area contributed by atoms with Crippen molar-refractivity contribution in [3.63, 3.8) is 0 Å². The molecular weight excluding hydrogens is 340 g/mol. The molecule has 7 nitrogen and oxygen atoms in total. The molecule has 0 aliphatic carbocycles. The summed E-state index contributed by atoms with van der Waals surface area (Å²) in [6.45, 7) is 3.60. The molecule has 0 amide bonds. The first-order valence-corrected chi connectivity index (χ1v) is 8.35. The van der Waals surface area contributed by atoms with E-state index in [4.69, 9.17) is 23.7 Å². The molecule has 2 rings (SSSR count). The van der Waals surface area contributed by atoms with Gasteiger partial charge in [-0.3, -0.25) is 0 Å². The molecule has 0 radical (unpaired) electrons. The summed E-state index contributed by atoms with van der Waals surface area (Å²) in [6.07, 6.45) is 3.52. The topological polar surface area (TPSA) is 80.3 Å². The van der Waals surface area contributed by atoms with Gasteiger partial charge < -0.3 is 23.7 Å². The smallest absolute Gasteiger partial charge is 0.348 e. The van der Waals surface area contributed by atoms with Crippen molar-refractivity contribution in [1.29, 1.82) is 0 Å². The maximum Gasteiger partial charge on any atom is 0.348 e. The molecule has 1 saturated heterocycles. The van der Waals surface area contributed by atoms with Crippen molar-refractivity contribution in [2.75, 3.05) is 21.3 Å². The van der Waals surface area contributed by atoms with Crippen molar-refractivity contribution in [1.82, 2.24) is 0 Å². The van der Waals surface area contributed by atoms with Gasteiger partial charge in [0.1, 0.15) is 5.57 Å². The number of carbonyl (C=O) groups excluding carboxylic acids is 2. The number of hydrogen-bond acceptors (Lipinski definition) is 7. The molecule has 1 aliphatic rings. The minimum Gasteiger partial charge on any atom is -0.493 e. The number of carbonyl (C=O) groups is 2. The first-order valence-electron chi connectivity index (χ1n) is 8.35. The monoisotopic (exact) mass is 364 g/mol. The lowest BCUT2D eigenvalue weighted by atomic mass is 10.1.